The quantitative estimate of drug-likeness (QED) is 0.321. The highest BCUT2D eigenvalue weighted by molar-refractivity contribution is 4.60. The zero-order valence-corrected chi connectivity index (χ0v) is 17.5. The van der Waals surface area contributed by atoms with Crippen LogP contribution >= 0.6 is 0 Å². The molecule has 0 saturated heterocycles. The van der Waals surface area contributed by atoms with E-state index in [9.17, 15) is 10.2 Å². The van der Waals surface area contributed by atoms with Gasteiger partial charge in [0.25, 0.3) is 0 Å². The lowest BCUT2D eigenvalue weighted by atomic mass is 10.1. The Balaban J connectivity index is 0. The average molecular weight is 366 g/mol. The molecule has 0 rings (SSSR count). The van der Waals surface area contributed by atoms with E-state index in [-0.39, 0.29) is 24.6 Å². The smallest absolute Gasteiger partial charge is 0.105 e. The first kappa shape index (κ1) is 26.4. The molecule has 0 aromatic carbocycles. The van der Waals surface area contributed by atoms with Crippen LogP contribution in [0.5, 0.6) is 0 Å². The number of aliphatic hydroxyl groups excluding tert-OH is 2. The molecule has 4 heteroatoms. The minimum absolute atomic E-state index is 0. The summed E-state index contributed by atoms with van der Waals surface area (Å²) in [7, 11) is 2.23. The number of likely N-dealkylation sites (N-methyl/N-ethyl adjacent to an activating group) is 1. The lowest BCUT2D eigenvalue weighted by Crippen LogP contribution is -3.00. The van der Waals surface area contributed by atoms with Crippen molar-refractivity contribution in [2.45, 2.75) is 104 Å². The van der Waals surface area contributed by atoms with Gasteiger partial charge in [-0.25, -0.2) is 0 Å². The van der Waals surface area contributed by atoms with Crippen LogP contribution in [-0.4, -0.2) is 53.6 Å². The number of unbranched alkanes of at least 4 members (excludes halogenated alkanes) is 6. The Morgan fingerprint density at radius 2 is 1.08 bits per heavy atom. The van der Waals surface area contributed by atoms with Crippen molar-refractivity contribution < 1.29 is 27.1 Å². The highest BCUT2D eigenvalue weighted by atomic mass is 35.5. The Bertz CT molecular complexity index is 248. The molecule has 0 fully saturated rings. The van der Waals surface area contributed by atoms with Gasteiger partial charge in [0.05, 0.1) is 13.6 Å². The third kappa shape index (κ3) is 14.5. The van der Waals surface area contributed by atoms with E-state index in [1.165, 1.54) is 32.1 Å². The summed E-state index contributed by atoms with van der Waals surface area (Å²) < 4.78 is 0.821. The van der Waals surface area contributed by atoms with E-state index in [0.29, 0.717) is 0 Å². The summed E-state index contributed by atoms with van der Waals surface area (Å²) in [6.45, 7) is 9.24. The summed E-state index contributed by atoms with van der Waals surface area (Å²) in [5, 5.41) is 20.7. The molecule has 0 saturated carbocycles. The summed E-state index contributed by atoms with van der Waals surface area (Å²) >= 11 is 0. The number of halogens is 1. The van der Waals surface area contributed by atoms with Crippen LogP contribution in [0.25, 0.3) is 0 Å². The topological polar surface area (TPSA) is 40.5 Å². The summed E-state index contributed by atoms with van der Waals surface area (Å²) in [6, 6.07) is 0. The third-order valence-corrected chi connectivity index (χ3v) is 4.89. The van der Waals surface area contributed by atoms with Gasteiger partial charge in [0.1, 0.15) is 25.3 Å². The van der Waals surface area contributed by atoms with Crippen molar-refractivity contribution in [3.8, 4) is 0 Å². The maximum atomic E-state index is 10.3. The van der Waals surface area contributed by atoms with Crippen molar-refractivity contribution >= 4 is 0 Å². The molecule has 0 aliphatic rings. The van der Waals surface area contributed by atoms with Gasteiger partial charge < -0.3 is 27.1 Å². The molecule has 0 aliphatic heterocycles. The van der Waals surface area contributed by atoms with Crippen LogP contribution < -0.4 is 12.4 Å². The molecule has 3 nitrogen and oxygen atoms in total. The molecular weight excluding hydrogens is 322 g/mol. The molecule has 0 aliphatic carbocycles. The van der Waals surface area contributed by atoms with E-state index < -0.39 is 0 Å². The third-order valence-electron chi connectivity index (χ3n) is 4.89. The zero-order valence-electron chi connectivity index (χ0n) is 16.8. The van der Waals surface area contributed by atoms with E-state index in [4.69, 9.17) is 0 Å². The Kier molecular flexibility index (Phi) is 18.3. The van der Waals surface area contributed by atoms with Crippen LogP contribution in [0.15, 0.2) is 0 Å². The van der Waals surface area contributed by atoms with Gasteiger partial charge in [-0.2, -0.15) is 0 Å². The highest BCUT2D eigenvalue weighted by Crippen LogP contribution is 2.15. The lowest BCUT2D eigenvalue weighted by molar-refractivity contribution is -0.915. The number of rotatable bonds is 16. The molecule has 0 amide bonds. The Morgan fingerprint density at radius 1 is 0.667 bits per heavy atom. The summed E-state index contributed by atoms with van der Waals surface area (Å²) in [5.41, 5.74) is 0. The number of nitrogens with zero attached hydrogens (tertiary/aromatic N) is 1. The number of hydrogen-bond donors (Lipinski definition) is 2. The maximum absolute atomic E-state index is 10.3. The molecule has 2 N–H and O–H groups in total. The van der Waals surface area contributed by atoms with Crippen molar-refractivity contribution in [2.75, 3.05) is 26.7 Å². The van der Waals surface area contributed by atoms with Crippen molar-refractivity contribution in [1.82, 2.24) is 0 Å². The Morgan fingerprint density at radius 3 is 1.50 bits per heavy atom. The molecule has 24 heavy (non-hydrogen) atoms. The minimum Gasteiger partial charge on any atom is -1.00 e. The van der Waals surface area contributed by atoms with Crippen molar-refractivity contribution in [2.24, 2.45) is 0 Å². The number of aliphatic hydroxyl groups is 2. The second-order valence-electron chi connectivity index (χ2n) is 7.71. The second kappa shape index (κ2) is 16.6. The van der Waals surface area contributed by atoms with Crippen molar-refractivity contribution in [1.29, 1.82) is 0 Å². The van der Waals surface area contributed by atoms with E-state index in [0.717, 1.165) is 62.6 Å². The number of quaternary nitrogens is 1. The van der Waals surface area contributed by atoms with Gasteiger partial charge in [-0.3, -0.25) is 0 Å². The monoisotopic (exact) mass is 365 g/mol. The standard InChI is InChI=1S/C20H44NO2.ClH/c1-5-8-11-12-13-16-21(4,17-19(22)14-9-6-2)18-20(23)15-10-7-3;/h19-20,22-23H,5-18H2,1-4H3;1H/q+1;/p-1. The molecule has 0 radical (unpaired) electrons. The van der Waals surface area contributed by atoms with Gasteiger partial charge in [0, 0.05) is 0 Å². The maximum Gasteiger partial charge on any atom is 0.105 e. The lowest BCUT2D eigenvalue weighted by Gasteiger charge is -2.38. The van der Waals surface area contributed by atoms with Gasteiger partial charge in [-0.1, -0.05) is 65.7 Å². The second-order valence-corrected chi connectivity index (χ2v) is 7.71. The molecule has 0 spiro atoms. The van der Waals surface area contributed by atoms with Crippen molar-refractivity contribution in [3.63, 3.8) is 0 Å². The summed E-state index contributed by atoms with van der Waals surface area (Å²) in [6.07, 6.45) is 12.2. The number of hydrogen-bond acceptors (Lipinski definition) is 2. The van der Waals surface area contributed by atoms with Gasteiger partial charge in [-0.15, -0.1) is 0 Å². The summed E-state index contributed by atoms with van der Waals surface area (Å²) in [5.74, 6) is 0. The van der Waals surface area contributed by atoms with Crippen LogP contribution in [0.4, 0.5) is 0 Å². The van der Waals surface area contributed by atoms with Crippen LogP contribution in [0, 0.1) is 0 Å². The molecular formula is C20H44ClNO2. The van der Waals surface area contributed by atoms with Gasteiger partial charge in [0.15, 0.2) is 0 Å². The molecule has 0 bridgehead atoms. The van der Waals surface area contributed by atoms with Gasteiger partial charge in [0.2, 0.25) is 0 Å². The zero-order chi connectivity index (χ0) is 17.6. The van der Waals surface area contributed by atoms with Crippen molar-refractivity contribution in [3.05, 3.63) is 0 Å². The Labute approximate surface area is 157 Å². The van der Waals surface area contributed by atoms with E-state index in [1.807, 2.05) is 0 Å². The molecule has 0 aromatic heterocycles. The minimum atomic E-state index is -0.228. The first-order valence-electron chi connectivity index (χ1n) is 10.2. The predicted molar refractivity (Wildman–Crippen MR) is 101 cm³/mol. The predicted octanol–water partition coefficient (Wildman–Crippen LogP) is 1.51. The SMILES string of the molecule is CCCCCCC[N+](C)(CC(O)CCCC)CC(O)CCCC.[Cl-]. The largest absolute Gasteiger partial charge is 1.00 e. The van der Waals surface area contributed by atoms with Gasteiger partial charge >= 0.3 is 0 Å². The van der Waals surface area contributed by atoms with Crippen LogP contribution in [0.1, 0.15) is 91.4 Å². The van der Waals surface area contributed by atoms with E-state index in [2.05, 4.69) is 27.8 Å². The summed E-state index contributed by atoms with van der Waals surface area (Å²) in [4.78, 5) is 0. The fraction of sp³-hybridized carbons (Fsp3) is 1.00. The molecule has 2 unspecified atom stereocenters. The molecule has 0 aromatic rings. The fourth-order valence-corrected chi connectivity index (χ4v) is 3.43. The van der Waals surface area contributed by atoms with Crippen LogP contribution in [-0.2, 0) is 0 Å². The fourth-order valence-electron chi connectivity index (χ4n) is 3.43. The van der Waals surface area contributed by atoms with Crippen LogP contribution in [0.3, 0.4) is 0 Å². The molecule has 148 valence electrons. The molecule has 2 atom stereocenters. The van der Waals surface area contributed by atoms with Gasteiger partial charge in [-0.05, 0) is 25.7 Å². The highest BCUT2D eigenvalue weighted by Gasteiger charge is 2.27. The van der Waals surface area contributed by atoms with E-state index in [1.54, 1.807) is 0 Å². The first-order valence-corrected chi connectivity index (χ1v) is 10.2. The molecule has 0 heterocycles. The first-order chi connectivity index (χ1) is 11.0. The normalized spacial score (nSPS) is 16.2. The van der Waals surface area contributed by atoms with E-state index >= 15 is 0 Å². The Hall–Kier alpha value is 0.170. The average Bonchev–Trinajstić information content (AvgIpc) is 2.50. The van der Waals surface area contributed by atoms with Crippen LogP contribution in [0.2, 0.25) is 0 Å².